The molecule has 298 valence electrons. The minimum Gasteiger partial charge on any atom is -0.250 e. The molecule has 4 fully saturated rings. The Morgan fingerprint density at radius 2 is 0.509 bits per heavy atom. The summed E-state index contributed by atoms with van der Waals surface area (Å²) in [5, 5.41) is 0. The van der Waals surface area contributed by atoms with Gasteiger partial charge in [0.2, 0.25) is 0 Å². The van der Waals surface area contributed by atoms with Crippen LogP contribution in [0.3, 0.4) is 0 Å². The fourth-order valence-electron chi connectivity index (χ4n) is 12.5. The van der Waals surface area contributed by atoms with E-state index in [0.717, 1.165) is 132 Å². The van der Waals surface area contributed by atoms with Crippen molar-refractivity contribution in [1.29, 1.82) is 0 Å². The molecule has 55 heavy (non-hydrogen) atoms. The van der Waals surface area contributed by atoms with Crippen molar-refractivity contribution in [3.05, 3.63) is 87.8 Å². The van der Waals surface area contributed by atoms with Gasteiger partial charge in [0.15, 0.2) is 0 Å². The molecular formula is C48H64O3S4. The zero-order valence-corrected chi connectivity index (χ0v) is 36.5. The Labute approximate surface area is 343 Å². The van der Waals surface area contributed by atoms with Crippen LogP contribution in [-0.4, -0.2) is 12.6 Å². The maximum Gasteiger partial charge on any atom is 0.0786 e. The summed E-state index contributed by atoms with van der Waals surface area (Å²) in [5.74, 6) is 0. The maximum atomic E-state index is 15.7. The summed E-state index contributed by atoms with van der Waals surface area (Å²) >= 11 is 2.00. The zero-order valence-electron chi connectivity index (χ0n) is 33.3. The first-order valence-electron chi connectivity index (χ1n) is 22.6. The molecule has 2 atom stereocenters. The highest BCUT2D eigenvalue weighted by Crippen LogP contribution is 2.62. The van der Waals surface area contributed by atoms with Crippen molar-refractivity contribution in [3.63, 3.8) is 0 Å². The van der Waals surface area contributed by atoms with Crippen LogP contribution >= 0.6 is 11.3 Å². The second-order valence-corrected chi connectivity index (χ2v) is 23.9. The lowest BCUT2D eigenvalue weighted by Crippen LogP contribution is -2.37. The lowest BCUT2D eigenvalue weighted by molar-refractivity contribution is 0.331. The number of allylic oxidation sites excluding steroid dienone is 12. The molecule has 8 bridgehead atoms. The molecule has 3 nitrogen and oxygen atoms in total. The van der Waals surface area contributed by atoms with Gasteiger partial charge in [-0.3, -0.25) is 0 Å². The van der Waals surface area contributed by atoms with Gasteiger partial charge >= 0.3 is 0 Å². The summed E-state index contributed by atoms with van der Waals surface area (Å²) in [6, 6.07) is 4.88. The molecule has 4 saturated carbocycles. The summed E-state index contributed by atoms with van der Waals surface area (Å²) in [6.45, 7) is 0. The summed E-state index contributed by atoms with van der Waals surface area (Å²) < 4.78 is 47.2. The van der Waals surface area contributed by atoms with Gasteiger partial charge in [-0.1, -0.05) is 128 Å². The highest BCUT2D eigenvalue weighted by atomic mass is 32.2. The molecule has 7 heteroatoms. The molecule has 0 radical (unpaired) electrons. The van der Waals surface area contributed by atoms with E-state index < -0.39 is 43.2 Å². The fraction of sp³-hybridized carbons (Fsp3) is 0.667. The SMILES string of the molecule is O=S1C2=CC=C1C1(CCCCCCC1)C1=CC=C(S1=O)C1(CCCCCCC1)c1ccc(s1)C1(CCCCCCC1)C1=CC=C(S1=O)C21CCCCCCC1. The van der Waals surface area contributed by atoms with Gasteiger partial charge in [0.05, 0.1) is 32.4 Å². The van der Waals surface area contributed by atoms with Crippen molar-refractivity contribution < 1.29 is 12.6 Å². The largest absolute Gasteiger partial charge is 0.250 e. The van der Waals surface area contributed by atoms with Crippen molar-refractivity contribution in [3.8, 4) is 0 Å². The third kappa shape index (κ3) is 6.62. The summed E-state index contributed by atoms with van der Waals surface area (Å²) in [6.07, 6.45) is 45.1. The van der Waals surface area contributed by atoms with Gasteiger partial charge in [-0.15, -0.1) is 11.3 Å². The molecule has 2 unspecified atom stereocenters. The normalized spacial score (nSPS) is 32.0. The highest BCUT2D eigenvalue weighted by molar-refractivity contribution is 7.95. The van der Waals surface area contributed by atoms with E-state index in [1.54, 1.807) is 0 Å². The van der Waals surface area contributed by atoms with Crippen LogP contribution in [0.25, 0.3) is 0 Å². The molecule has 0 aromatic carbocycles. The van der Waals surface area contributed by atoms with Crippen LogP contribution in [0.15, 0.2) is 78.0 Å². The van der Waals surface area contributed by atoms with Gasteiger partial charge < -0.3 is 0 Å². The second kappa shape index (κ2) is 16.3. The minimum absolute atomic E-state index is 0.267. The van der Waals surface area contributed by atoms with Gasteiger partial charge in [0, 0.05) is 60.8 Å². The Morgan fingerprint density at radius 3 is 0.764 bits per heavy atom. The standard InChI is InChI=1S/C48H64O3S4/c49-53-39-23-25-41(53)47(33-17-9-3-10-18-34-47)43-27-28-44(55(43)51)48(35-19-11-4-12-20-36-48)42-26-24-40(54(42)50)46(31-15-7-2-8-16-32-46)38-22-21-37(52-38)45(39)29-13-5-1-6-14-30-45/h21-28H,1-20,29-36H2. The molecule has 9 rings (SSSR count). The van der Waals surface area contributed by atoms with Crippen LogP contribution < -0.4 is 0 Å². The van der Waals surface area contributed by atoms with Gasteiger partial charge in [-0.05, 0) is 100.0 Å². The quantitative estimate of drug-likeness (QED) is 0.262. The molecule has 4 aliphatic carbocycles. The number of hydrogen-bond donors (Lipinski definition) is 0. The zero-order chi connectivity index (χ0) is 37.5. The molecule has 4 spiro atoms. The van der Waals surface area contributed by atoms with Crippen LogP contribution in [-0.2, 0) is 43.2 Å². The predicted octanol–water partition coefficient (Wildman–Crippen LogP) is 13.8. The predicted molar refractivity (Wildman–Crippen MR) is 235 cm³/mol. The van der Waals surface area contributed by atoms with Gasteiger partial charge in [-0.2, -0.15) is 0 Å². The topological polar surface area (TPSA) is 51.2 Å². The van der Waals surface area contributed by atoms with Crippen LogP contribution in [0.1, 0.15) is 190 Å². The lowest BCUT2D eigenvalue weighted by Gasteiger charge is -2.43. The average Bonchev–Trinajstić information content (AvgIpc) is 3.95. The Balaban J connectivity index is 1.26. The molecule has 1 aromatic rings. The van der Waals surface area contributed by atoms with E-state index in [1.165, 1.54) is 86.8 Å². The van der Waals surface area contributed by atoms with Crippen LogP contribution in [0.2, 0.25) is 0 Å². The average molecular weight is 817 g/mol. The third-order valence-electron chi connectivity index (χ3n) is 15.6. The molecule has 0 amide bonds. The van der Waals surface area contributed by atoms with Crippen molar-refractivity contribution in [2.75, 3.05) is 0 Å². The molecule has 1 aromatic heterocycles. The molecule has 0 saturated heterocycles. The summed E-state index contributed by atoms with van der Waals surface area (Å²) in [4.78, 5) is 9.12. The van der Waals surface area contributed by atoms with Crippen molar-refractivity contribution >= 4 is 43.7 Å². The Bertz CT molecular complexity index is 1750. The van der Waals surface area contributed by atoms with E-state index in [1.807, 2.05) is 11.3 Å². The smallest absolute Gasteiger partial charge is 0.0786 e. The van der Waals surface area contributed by atoms with E-state index in [2.05, 4.69) is 48.6 Å². The van der Waals surface area contributed by atoms with Crippen molar-refractivity contribution in [1.82, 2.24) is 0 Å². The van der Waals surface area contributed by atoms with Crippen molar-refractivity contribution in [2.24, 2.45) is 10.8 Å². The van der Waals surface area contributed by atoms with Gasteiger partial charge in [0.1, 0.15) is 0 Å². The highest BCUT2D eigenvalue weighted by Gasteiger charge is 2.55. The van der Waals surface area contributed by atoms with Crippen molar-refractivity contribution in [2.45, 2.75) is 191 Å². The molecule has 4 aliphatic heterocycles. The number of fused-ring (bicyclic) bond motifs is 16. The molecule has 0 N–H and O–H groups in total. The lowest BCUT2D eigenvalue weighted by atomic mass is 9.73. The first kappa shape index (κ1) is 39.1. The Hall–Kier alpha value is -1.41. The van der Waals surface area contributed by atoms with Gasteiger partial charge in [0.25, 0.3) is 0 Å². The van der Waals surface area contributed by atoms with E-state index in [0.29, 0.717) is 0 Å². The summed E-state index contributed by atoms with van der Waals surface area (Å²) in [7, 11) is -3.95. The monoisotopic (exact) mass is 816 g/mol. The molecule has 8 aliphatic rings. The first-order valence-corrected chi connectivity index (χ1v) is 26.9. The Morgan fingerprint density at radius 1 is 0.309 bits per heavy atom. The number of rotatable bonds is 0. The van der Waals surface area contributed by atoms with Crippen LogP contribution in [0.5, 0.6) is 0 Å². The number of hydrogen-bond acceptors (Lipinski definition) is 4. The van der Waals surface area contributed by atoms with E-state index in [9.17, 15) is 0 Å². The van der Waals surface area contributed by atoms with Gasteiger partial charge in [-0.25, -0.2) is 12.6 Å². The minimum atomic E-state index is -1.37. The van der Waals surface area contributed by atoms with E-state index >= 15 is 12.6 Å². The Kier molecular flexibility index (Phi) is 11.6. The molecular weight excluding hydrogens is 753 g/mol. The fourth-order valence-corrected chi connectivity index (χ4v) is 20.2. The van der Waals surface area contributed by atoms with E-state index in [4.69, 9.17) is 0 Å². The van der Waals surface area contributed by atoms with E-state index in [-0.39, 0.29) is 10.8 Å². The van der Waals surface area contributed by atoms with Crippen LogP contribution in [0, 0.1) is 10.8 Å². The first-order chi connectivity index (χ1) is 27.0. The third-order valence-corrected chi connectivity index (χ3v) is 22.6. The maximum absolute atomic E-state index is 15.7. The van der Waals surface area contributed by atoms with Crippen LogP contribution in [0.4, 0.5) is 0 Å². The second-order valence-electron chi connectivity index (χ2n) is 18.6. The number of thiophene rings is 1. The summed E-state index contributed by atoms with van der Waals surface area (Å²) in [5.41, 5.74) is -1.49. The molecule has 5 heterocycles.